The van der Waals surface area contributed by atoms with Crippen LogP contribution in [0.5, 0.6) is 0 Å². The van der Waals surface area contributed by atoms with Crippen molar-refractivity contribution in [1.82, 2.24) is 9.78 Å². The summed E-state index contributed by atoms with van der Waals surface area (Å²) in [6, 6.07) is 7.96. The summed E-state index contributed by atoms with van der Waals surface area (Å²) >= 11 is 0. The van der Waals surface area contributed by atoms with Crippen LogP contribution in [-0.4, -0.2) is 21.5 Å². The van der Waals surface area contributed by atoms with Crippen LogP contribution in [0.2, 0.25) is 0 Å². The molecule has 3 heteroatoms. The van der Waals surface area contributed by atoms with Gasteiger partial charge in [-0.1, -0.05) is 24.0 Å². The maximum atomic E-state index is 8.59. The molecule has 0 aliphatic rings. The Hall–Kier alpha value is -2.05. The first kappa shape index (κ1) is 11.4. The van der Waals surface area contributed by atoms with Gasteiger partial charge in [0, 0.05) is 11.8 Å². The van der Waals surface area contributed by atoms with Gasteiger partial charge >= 0.3 is 0 Å². The van der Waals surface area contributed by atoms with E-state index in [1.807, 2.05) is 48.3 Å². The lowest BCUT2D eigenvalue weighted by Crippen LogP contribution is -1.99. The molecule has 3 nitrogen and oxygen atoms in total. The van der Waals surface area contributed by atoms with Crippen molar-refractivity contribution in [2.75, 3.05) is 6.61 Å². The van der Waals surface area contributed by atoms with E-state index in [9.17, 15) is 0 Å². The summed E-state index contributed by atoms with van der Waals surface area (Å²) in [7, 11) is 0. The second kappa shape index (κ2) is 5.33. The Bertz CT molecular complexity index is 544. The lowest BCUT2D eigenvalue weighted by atomic mass is 10.1. The van der Waals surface area contributed by atoms with Crippen LogP contribution in [0.3, 0.4) is 0 Å². The van der Waals surface area contributed by atoms with Gasteiger partial charge in [0.2, 0.25) is 0 Å². The second-order valence-corrected chi connectivity index (χ2v) is 3.87. The Morgan fingerprint density at radius 1 is 1.29 bits per heavy atom. The molecule has 1 N–H and O–H groups in total. The van der Waals surface area contributed by atoms with Gasteiger partial charge in [-0.3, -0.25) is 4.68 Å². The summed E-state index contributed by atoms with van der Waals surface area (Å²) in [6.07, 6.45) is 3.86. The molecule has 0 saturated heterocycles. The van der Waals surface area contributed by atoms with Gasteiger partial charge in [0.25, 0.3) is 0 Å². The van der Waals surface area contributed by atoms with Crippen molar-refractivity contribution in [1.29, 1.82) is 0 Å². The van der Waals surface area contributed by atoms with Crippen LogP contribution in [-0.2, 0) is 6.54 Å². The number of hydrogen-bond acceptors (Lipinski definition) is 2. The molecule has 86 valence electrons. The van der Waals surface area contributed by atoms with E-state index in [4.69, 9.17) is 5.11 Å². The summed E-state index contributed by atoms with van der Waals surface area (Å²) in [4.78, 5) is 0. The predicted octanol–water partition coefficient (Wildman–Crippen LogP) is 1.58. The maximum Gasteiger partial charge on any atom is 0.104 e. The molecule has 1 aromatic carbocycles. The van der Waals surface area contributed by atoms with E-state index in [0.717, 1.165) is 17.7 Å². The molecule has 2 rings (SSSR count). The third-order valence-electron chi connectivity index (χ3n) is 2.37. The number of nitrogens with zero attached hydrogens (tertiary/aromatic N) is 2. The first-order chi connectivity index (χ1) is 8.28. The molecular formula is C14H14N2O. The molecule has 0 fully saturated rings. The molecule has 0 saturated carbocycles. The molecule has 0 spiro atoms. The number of hydrogen-bond donors (Lipinski definition) is 1. The highest BCUT2D eigenvalue weighted by atomic mass is 16.2. The van der Waals surface area contributed by atoms with Gasteiger partial charge in [0.1, 0.15) is 6.61 Å². The molecule has 0 amide bonds. The van der Waals surface area contributed by atoms with Crippen LogP contribution in [0.25, 0.3) is 0 Å². The molecule has 0 aliphatic carbocycles. The van der Waals surface area contributed by atoms with Crippen molar-refractivity contribution < 1.29 is 5.11 Å². The smallest absolute Gasteiger partial charge is 0.104 e. The van der Waals surface area contributed by atoms with E-state index in [1.54, 1.807) is 0 Å². The molecule has 0 unspecified atom stereocenters. The molecule has 1 aromatic heterocycles. The van der Waals surface area contributed by atoms with E-state index in [0.29, 0.717) is 0 Å². The molecule has 0 aliphatic heterocycles. The average Bonchev–Trinajstić information content (AvgIpc) is 2.74. The van der Waals surface area contributed by atoms with Crippen LogP contribution in [0, 0.1) is 18.8 Å². The van der Waals surface area contributed by atoms with Crippen molar-refractivity contribution in [3.63, 3.8) is 0 Å². The van der Waals surface area contributed by atoms with Gasteiger partial charge in [-0.25, -0.2) is 0 Å². The Labute approximate surface area is 101 Å². The third-order valence-corrected chi connectivity index (χ3v) is 2.37. The van der Waals surface area contributed by atoms with Gasteiger partial charge in [0.15, 0.2) is 0 Å². The summed E-state index contributed by atoms with van der Waals surface area (Å²) in [6.45, 7) is 2.69. The molecule has 0 atom stereocenters. The number of rotatable bonds is 2. The summed E-state index contributed by atoms with van der Waals surface area (Å²) in [5, 5.41) is 12.8. The number of benzene rings is 1. The normalized spacial score (nSPS) is 9.76. The van der Waals surface area contributed by atoms with Crippen LogP contribution in [0.1, 0.15) is 16.7 Å². The molecule has 0 radical (unpaired) electrons. The third kappa shape index (κ3) is 3.20. The lowest BCUT2D eigenvalue weighted by Gasteiger charge is -2.01. The fourth-order valence-corrected chi connectivity index (χ4v) is 1.58. The standard InChI is InChI=1S/C14H14N2O/c1-12-9-15-16(10-12)11-14-6-4-13(5-7-14)3-2-8-17/h4-7,9-10,17H,8,11H2,1H3. The number of aliphatic hydroxyl groups is 1. The molecular weight excluding hydrogens is 212 g/mol. The van der Waals surface area contributed by atoms with Crippen LogP contribution in [0.4, 0.5) is 0 Å². The van der Waals surface area contributed by atoms with Crippen LogP contribution < -0.4 is 0 Å². The van der Waals surface area contributed by atoms with Gasteiger partial charge < -0.3 is 5.11 Å². The van der Waals surface area contributed by atoms with E-state index in [1.165, 1.54) is 5.56 Å². The first-order valence-corrected chi connectivity index (χ1v) is 5.45. The van der Waals surface area contributed by atoms with Gasteiger partial charge in [-0.2, -0.15) is 5.10 Å². The summed E-state index contributed by atoms with van der Waals surface area (Å²) < 4.78 is 1.91. The van der Waals surface area contributed by atoms with Crippen molar-refractivity contribution >= 4 is 0 Å². The molecule has 17 heavy (non-hydrogen) atoms. The summed E-state index contributed by atoms with van der Waals surface area (Å²) in [5.41, 5.74) is 3.26. The van der Waals surface area contributed by atoms with E-state index in [-0.39, 0.29) is 6.61 Å². The maximum absolute atomic E-state index is 8.59. The van der Waals surface area contributed by atoms with Gasteiger partial charge in [0.05, 0.1) is 12.7 Å². The monoisotopic (exact) mass is 226 g/mol. The Morgan fingerprint density at radius 3 is 2.65 bits per heavy atom. The van der Waals surface area contributed by atoms with Gasteiger partial charge in [-0.15, -0.1) is 0 Å². The largest absolute Gasteiger partial charge is 0.384 e. The van der Waals surface area contributed by atoms with E-state index >= 15 is 0 Å². The Balaban J connectivity index is 2.08. The second-order valence-electron chi connectivity index (χ2n) is 3.87. The zero-order valence-electron chi connectivity index (χ0n) is 9.72. The van der Waals surface area contributed by atoms with Crippen LogP contribution >= 0.6 is 0 Å². The fourth-order valence-electron chi connectivity index (χ4n) is 1.58. The summed E-state index contributed by atoms with van der Waals surface area (Å²) in [5.74, 6) is 5.49. The minimum absolute atomic E-state index is 0.103. The highest BCUT2D eigenvalue weighted by Gasteiger charge is 1.96. The predicted molar refractivity (Wildman–Crippen MR) is 66.5 cm³/mol. The topological polar surface area (TPSA) is 38.0 Å². The first-order valence-electron chi connectivity index (χ1n) is 5.45. The zero-order valence-corrected chi connectivity index (χ0v) is 9.72. The van der Waals surface area contributed by atoms with Crippen molar-refractivity contribution in [2.24, 2.45) is 0 Å². The molecule has 2 aromatic rings. The number of aliphatic hydroxyl groups excluding tert-OH is 1. The molecule has 1 heterocycles. The van der Waals surface area contributed by atoms with E-state index in [2.05, 4.69) is 16.9 Å². The number of aromatic nitrogens is 2. The Morgan fingerprint density at radius 2 is 2.06 bits per heavy atom. The number of aryl methyl sites for hydroxylation is 1. The quantitative estimate of drug-likeness (QED) is 0.790. The fraction of sp³-hybridized carbons (Fsp3) is 0.214. The van der Waals surface area contributed by atoms with Gasteiger partial charge in [-0.05, 0) is 30.2 Å². The highest BCUT2D eigenvalue weighted by molar-refractivity contribution is 5.36. The average molecular weight is 226 g/mol. The Kier molecular flexibility index (Phi) is 3.59. The van der Waals surface area contributed by atoms with Crippen LogP contribution in [0.15, 0.2) is 36.7 Å². The SMILES string of the molecule is Cc1cnn(Cc2ccc(C#CCO)cc2)c1. The molecule has 0 bridgehead atoms. The lowest BCUT2D eigenvalue weighted by molar-refractivity contribution is 0.350. The van der Waals surface area contributed by atoms with Crippen molar-refractivity contribution in [2.45, 2.75) is 13.5 Å². The highest BCUT2D eigenvalue weighted by Crippen LogP contribution is 2.06. The van der Waals surface area contributed by atoms with Crippen molar-refractivity contribution in [3.8, 4) is 11.8 Å². The van der Waals surface area contributed by atoms with E-state index < -0.39 is 0 Å². The minimum atomic E-state index is -0.103. The van der Waals surface area contributed by atoms with Crippen molar-refractivity contribution in [3.05, 3.63) is 53.3 Å². The minimum Gasteiger partial charge on any atom is -0.384 e. The zero-order chi connectivity index (χ0) is 12.1.